The van der Waals surface area contributed by atoms with Gasteiger partial charge < -0.3 is 20.3 Å². The van der Waals surface area contributed by atoms with Crippen LogP contribution in [0.2, 0.25) is 0 Å². The zero-order valence-corrected chi connectivity index (χ0v) is 13.5. The Morgan fingerprint density at radius 3 is 2.92 bits per heavy atom. The van der Waals surface area contributed by atoms with Crippen LogP contribution >= 0.6 is 0 Å². The van der Waals surface area contributed by atoms with Crippen LogP contribution in [0, 0.1) is 0 Å². The van der Waals surface area contributed by atoms with Gasteiger partial charge in [0, 0.05) is 24.8 Å². The number of rotatable bonds is 1. The summed E-state index contributed by atoms with van der Waals surface area (Å²) in [5.41, 5.74) is 0.990. The molecular formula is C18H21N3O3. The number of ether oxygens (including phenoxy) is 1. The van der Waals surface area contributed by atoms with E-state index in [1.807, 2.05) is 29.2 Å². The van der Waals surface area contributed by atoms with Crippen LogP contribution < -0.4 is 10.6 Å². The van der Waals surface area contributed by atoms with Gasteiger partial charge in [-0.1, -0.05) is 12.1 Å². The van der Waals surface area contributed by atoms with Gasteiger partial charge in [-0.05, 0) is 37.8 Å². The highest BCUT2D eigenvalue weighted by molar-refractivity contribution is 6.02. The maximum Gasteiger partial charge on any atom is 0.255 e. The molecule has 5 rings (SSSR count). The van der Waals surface area contributed by atoms with Crippen molar-refractivity contribution < 1.29 is 14.3 Å². The third-order valence-corrected chi connectivity index (χ3v) is 5.95. The summed E-state index contributed by atoms with van der Waals surface area (Å²) in [6.45, 7) is 0.674. The second-order valence-corrected chi connectivity index (χ2v) is 7.29. The van der Waals surface area contributed by atoms with E-state index >= 15 is 0 Å². The normalized spacial score (nSPS) is 36.6. The molecule has 0 aliphatic carbocycles. The van der Waals surface area contributed by atoms with E-state index in [0.717, 1.165) is 37.8 Å². The highest BCUT2D eigenvalue weighted by atomic mass is 16.5. The third kappa shape index (κ3) is 1.86. The van der Waals surface area contributed by atoms with Crippen molar-refractivity contribution in [2.24, 2.45) is 0 Å². The molecule has 3 saturated heterocycles. The minimum atomic E-state index is -0.539. The molecule has 4 atom stereocenters. The van der Waals surface area contributed by atoms with Gasteiger partial charge in [0.1, 0.15) is 11.8 Å². The number of carbonyl (C=O) groups excluding carboxylic acids is 2. The van der Waals surface area contributed by atoms with E-state index in [1.165, 1.54) is 0 Å². The molecule has 4 aliphatic rings. The van der Waals surface area contributed by atoms with Gasteiger partial charge in [0.2, 0.25) is 0 Å². The van der Waals surface area contributed by atoms with E-state index in [-0.39, 0.29) is 30.0 Å². The zero-order valence-electron chi connectivity index (χ0n) is 13.5. The monoisotopic (exact) mass is 327 g/mol. The van der Waals surface area contributed by atoms with E-state index in [0.29, 0.717) is 12.2 Å². The highest BCUT2D eigenvalue weighted by Crippen LogP contribution is 2.47. The van der Waals surface area contributed by atoms with Crippen LogP contribution in [0.25, 0.3) is 0 Å². The van der Waals surface area contributed by atoms with Gasteiger partial charge in [-0.25, -0.2) is 0 Å². The molecule has 6 heteroatoms. The molecule has 126 valence electrons. The number of benzene rings is 1. The van der Waals surface area contributed by atoms with Crippen molar-refractivity contribution in [1.29, 1.82) is 0 Å². The molecule has 0 unspecified atom stereocenters. The minimum Gasteiger partial charge on any atom is -0.368 e. The quantitative estimate of drug-likeness (QED) is 0.820. The third-order valence-electron chi connectivity index (χ3n) is 5.95. The Bertz CT molecular complexity index is 715. The second kappa shape index (κ2) is 4.96. The van der Waals surface area contributed by atoms with Crippen molar-refractivity contribution in [3.05, 3.63) is 29.8 Å². The Hall–Kier alpha value is -2.08. The topological polar surface area (TPSA) is 70.7 Å². The van der Waals surface area contributed by atoms with Crippen LogP contribution in [0.1, 0.15) is 42.5 Å². The van der Waals surface area contributed by atoms with Crippen molar-refractivity contribution in [2.75, 3.05) is 11.9 Å². The smallest absolute Gasteiger partial charge is 0.255 e. The van der Waals surface area contributed by atoms with Crippen LogP contribution in [0.3, 0.4) is 0 Å². The summed E-state index contributed by atoms with van der Waals surface area (Å²) in [5, 5.41) is 6.71. The van der Waals surface area contributed by atoms with Gasteiger partial charge in [-0.15, -0.1) is 0 Å². The van der Waals surface area contributed by atoms with Crippen molar-refractivity contribution in [3.63, 3.8) is 0 Å². The van der Waals surface area contributed by atoms with Gasteiger partial charge in [0.15, 0.2) is 0 Å². The van der Waals surface area contributed by atoms with Gasteiger partial charge in [-0.3, -0.25) is 9.59 Å². The number of carbonyl (C=O) groups is 2. The zero-order chi connectivity index (χ0) is 16.3. The fraction of sp³-hybridized carbons (Fsp3) is 0.556. The first kappa shape index (κ1) is 14.3. The first-order valence-corrected chi connectivity index (χ1v) is 8.81. The number of para-hydroxylation sites is 1. The Balaban J connectivity index is 1.47. The predicted molar refractivity (Wildman–Crippen MR) is 87.5 cm³/mol. The number of amides is 2. The number of nitrogens with one attached hydrogen (secondary N) is 2. The molecule has 2 bridgehead atoms. The van der Waals surface area contributed by atoms with E-state index in [1.54, 1.807) is 0 Å². The van der Waals surface area contributed by atoms with Crippen molar-refractivity contribution in [3.8, 4) is 0 Å². The van der Waals surface area contributed by atoms with Crippen LogP contribution in [0.4, 0.5) is 5.69 Å². The number of anilines is 1. The molecule has 0 aromatic heterocycles. The van der Waals surface area contributed by atoms with E-state index in [2.05, 4.69) is 10.6 Å². The highest BCUT2D eigenvalue weighted by Gasteiger charge is 2.60. The maximum atomic E-state index is 12.9. The fourth-order valence-corrected chi connectivity index (χ4v) is 4.95. The molecule has 0 saturated carbocycles. The molecule has 0 radical (unpaired) electrons. The Morgan fingerprint density at radius 1 is 1.21 bits per heavy atom. The van der Waals surface area contributed by atoms with E-state index in [9.17, 15) is 9.59 Å². The first-order chi connectivity index (χ1) is 11.7. The summed E-state index contributed by atoms with van der Waals surface area (Å²) in [4.78, 5) is 27.5. The molecule has 4 aliphatic heterocycles. The second-order valence-electron chi connectivity index (χ2n) is 7.29. The van der Waals surface area contributed by atoms with Gasteiger partial charge in [0.25, 0.3) is 11.8 Å². The Morgan fingerprint density at radius 2 is 2.08 bits per heavy atom. The van der Waals surface area contributed by atoms with Gasteiger partial charge >= 0.3 is 0 Å². The largest absolute Gasteiger partial charge is 0.368 e. The Labute approximate surface area is 140 Å². The molecule has 2 amide bonds. The summed E-state index contributed by atoms with van der Waals surface area (Å²) in [5.74, 6) is 0.0493. The molecule has 1 spiro atoms. The predicted octanol–water partition coefficient (Wildman–Crippen LogP) is 1.48. The molecule has 24 heavy (non-hydrogen) atoms. The first-order valence-electron chi connectivity index (χ1n) is 8.81. The lowest BCUT2D eigenvalue weighted by molar-refractivity contribution is -0.142. The van der Waals surface area contributed by atoms with Crippen LogP contribution in [0.5, 0.6) is 0 Å². The van der Waals surface area contributed by atoms with Crippen molar-refractivity contribution in [2.45, 2.75) is 56.0 Å². The molecule has 2 N–H and O–H groups in total. The van der Waals surface area contributed by atoms with E-state index < -0.39 is 5.66 Å². The number of nitrogens with zero attached hydrogens (tertiary/aromatic N) is 1. The maximum absolute atomic E-state index is 12.9. The number of hydrogen-bond donors (Lipinski definition) is 2. The van der Waals surface area contributed by atoms with E-state index in [4.69, 9.17) is 4.74 Å². The Kier molecular flexibility index (Phi) is 2.95. The lowest BCUT2D eigenvalue weighted by atomic mass is 9.86. The summed E-state index contributed by atoms with van der Waals surface area (Å²) >= 11 is 0. The minimum absolute atomic E-state index is 0.00324. The molecule has 1 aromatic carbocycles. The van der Waals surface area contributed by atoms with Crippen molar-refractivity contribution in [1.82, 2.24) is 10.2 Å². The van der Waals surface area contributed by atoms with Crippen LogP contribution in [0.15, 0.2) is 24.3 Å². The van der Waals surface area contributed by atoms with Gasteiger partial charge in [-0.2, -0.15) is 0 Å². The summed E-state index contributed by atoms with van der Waals surface area (Å²) < 4.78 is 5.61. The lowest BCUT2D eigenvalue weighted by Crippen LogP contribution is -2.64. The lowest BCUT2D eigenvalue weighted by Gasteiger charge is -2.43. The molecule has 1 aromatic rings. The number of hydrogen-bond acceptors (Lipinski definition) is 4. The SMILES string of the molecule is O=C1N[C@]2(C[C@@H]3CC[C@@H]2N3C(=O)[C@@H]2CCCO2)Nc2ccccc21. The summed E-state index contributed by atoms with van der Waals surface area (Å²) in [6.07, 6.45) is 4.14. The average Bonchev–Trinajstić information content (AvgIpc) is 3.29. The average molecular weight is 327 g/mol. The molecule has 6 nitrogen and oxygen atoms in total. The molecular weight excluding hydrogens is 306 g/mol. The fourth-order valence-electron chi connectivity index (χ4n) is 4.95. The van der Waals surface area contributed by atoms with Gasteiger partial charge in [0.05, 0.1) is 11.6 Å². The molecule has 3 fully saturated rings. The summed E-state index contributed by atoms with van der Waals surface area (Å²) in [6, 6.07) is 7.75. The van der Waals surface area contributed by atoms with Crippen molar-refractivity contribution >= 4 is 17.5 Å². The molecule has 4 heterocycles. The van der Waals surface area contributed by atoms with Crippen LogP contribution in [-0.4, -0.2) is 47.2 Å². The standard InChI is InChI=1S/C18H21N3O3/c22-16-12-4-1-2-5-13(12)19-18(20-16)10-11-7-8-15(18)21(11)17(23)14-6-3-9-24-14/h1-2,4-5,11,14-15,19H,3,6-10H2,(H,20,22)/t11-,14-,15-,18-/m0/s1. The summed E-state index contributed by atoms with van der Waals surface area (Å²) in [7, 11) is 0. The van der Waals surface area contributed by atoms with Crippen LogP contribution in [-0.2, 0) is 9.53 Å². The number of fused-ring (bicyclic) bond motifs is 4.